The molecule has 2 nitrogen and oxygen atoms in total. The molecule has 2 N–H and O–H groups in total. The highest BCUT2D eigenvalue weighted by Crippen LogP contribution is 2.27. The standard InChI is InChI=1S/C13H11BrN2S/c14-10-5-3-9(4-6-10)11-8-12(16-15-11)13-2-1-7-17-13/h1-8,12,15-16H. The van der Waals surface area contributed by atoms with Gasteiger partial charge in [0.05, 0.1) is 11.7 Å². The topological polar surface area (TPSA) is 24.1 Å². The van der Waals surface area contributed by atoms with Gasteiger partial charge in [0.15, 0.2) is 0 Å². The van der Waals surface area contributed by atoms with Crippen molar-refractivity contribution in [3.63, 3.8) is 0 Å². The zero-order valence-electron chi connectivity index (χ0n) is 8.98. The molecule has 1 aromatic carbocycles. The molecule has 0 aliphatic carbocycles. The number of nitrogens with one attached hydrogen (secondary N) is 2. The average Bonchev–Trinajstić information content (AvgIpc) is 3.00. The number of rotatable bonds is 2. The lowest BCUT2D eigenvalue weighted by Gasteiger charge is -2.06. The molecule has 4 heteroatoms. The molecule has 1 aliphatic rings. The van der Waals surface area contributed by atoms with Crippen molar-refractivity contribution >= 4 is 33.0 Å². The summed E-state index contributed by atoms with van der Waals surface area (Å²) in [6.07, 6.45) is 2.22. The van der Waals surface area contributed by atoms with Crippen LogP contribution in [0.5, 0.6) is 0 Å². The van der Waals surface area contributed by atoms with Crippen LogP contribution in [0, 0.1) is 0 Å². The molecule has 1 aromatic heterocycles. The molecule has 17 heavy (non-hydrogen) atoms. The lowest BCUT2D eigenvalue weighted by Crippen LogP contribution is -2.25. The summed E-state index contributed by atoms with van der Waals surface area (Å²) >= 11 is 5.21. The minimum Gasteiger partial charge on any atom is -0.320 e. The van der Waals surface area contributed by atoms with E-state index >= 15 is 0 Å². The SMILES string of the molecule is Brc1ccc(C2=CC(c3cccs3)NN2)cc1. The van der Waals surface area contributed by atoms with Crippen molar-refractivity contribution in [2.24, 2.45) is 0 Å². The molecule has 0 saturated carbocycles. The van der Waals surface area contributed by atoms with Gasteiger partial charge in [-0.3, -0.25) is 0 Å². The third kappa shape index (κ3) is 2.29. The van der Waals surface area contributed by atoms with Gasteiger partial charge in [0, 0.05) is 9.35 Å². The Balaban J connectivity index is 1.86. The maximum atomic E-state index is 3.44. The molecule has 0 amide bonds. The fourth-order valence-corrected chi connectivity index (χ4v) is 2.83. The second-order valence-corrected chi connectivity index (χ2v) is 5.74. The van der Waals surface area contributed by atoms with E-state index in [4.69, 9.17) is 0 Å². The summed E-state index contributed by atoms with van der Waals surface area (Å²) in [4.78, 5) is 1.32. The van der Waals surface area contributed by atoms with Gasteiger partial charge >= 0.3 is 0 Å². The zero-order chi connectivity index (χ0) is 11.7. The lowest BCUT2D eigenvalue weighted by atomic mass is 10.1. The first-order chi connectivity index (χ1) is 8.33. The number of benzene rings is 1. The Labute approximate surface area is 112 Å². The summed E-state index contributed by atoms with van der Waals surface area (Å²) in [5.74, 6) is 0. The van der Waals surface area contributed by atoms with Gasteiger partial charge in [0.1, 0.15) is 0 Å². The molecule has 0 saturated heterocycles. The Morgan fingerprint density at radius 3 is 2.65 bits per heavy atom. The number of hydrogen-bond donors (Lipinski definition) is 2. The molecular weight excluding hydrogens is 296 g/mol. The highest BCUT2D eigenvalue weighted by Gasteiger charge is 2.17. The third-order valence-corrected chi connectivity index (χ3v) is 4.18. The highest BCUT2D eigenvalue weighted by molar-refractivity contribution is 9.10. The molecule has 1 aliphatic heterocycles. The molecule has 86 valence electrons. The van der Waals surface area contributed by atoms with Gasteiger partial charge in [-0.2, -0.15) is 0 Å². The Hall–Kier alpha value is -1.10. The van der Waals surface area contributed by atoms with Crippen molar-refractivity contribution in [2.45, 2.75) is 6.04 Å². The van der Waals surface area contributed by atoms with Gasteiger partial charge in [0.25, 0.3) is 0 Å². The first-order valence-corrected chi connectivity index (χ1v) is 7.03. The highest BCUT2D eigenvalue weighted by atomic mass is 79.9. The van der Waals surface area contributed by atoms with Crippen molar-refractivity contribution in [3.05, 3.63) is 62.8 Å². The second kappa shape index (κ2) is 4.64. The van der Waals surface area contributed by atoms with Crippen LogP contribution in [0.3, 0.4) is 0 Å². The van der Waals surface area contributed by atoms with Gasteiger partial charge in [-0.05, 0) is 35.2 Å². The predicted molar refractivity (Wildman–Crippen MR) is 75.5 cm³/mol. The summed E-state index contributed by atoms with van der Waals surface area (Å²) in [6.45, 7) is 0. The molecule has 1 unspecified atom stereocenters. The third-order valence-electron chi connectivity index (χ3n) is 2.70. The van der Waals surface area contributed by atoms with E-state index in [2.05, 4.69) is 74.6 Å². The number of thiophene rings is 1. The van der Waals surface area contributed by atoms with Crippen LogP contribution in [-0.4, -0.2) is 0 Å². The van der Waals surface area contributed by atoms with Crippen LogP contribution in [0.1, 0.15) is 16.5 Å². The molecule has 2 heterocycles. The van der Waals surface area contributed by atoms with E-state index in [1.54, 1.807) is 11.3 Å². The van der Waals surface area contributed by atoms with Crippen LogP contribution >= 0.6 is 27.3 Å². The molecule has 2 aromatic rings. The van der Waals surface area contributed by atoms with Crippen molar-refractivity contribution in [2.75, 3.05) is 0 Å². The van der Waals surface area contributed by atoms with Crippen molar-refractivity contribution in [1.29, 1.82) is 0 Å². The zero-order valence-corrected chi connectivity index (χ0v) is 11.4. The smallest absolute Gasteiger partial charge is 0.0806 e. The minimum atomic E-state index is 0.272. The van der Waals surface area contributed by atoms with Crippen LogP contribution in [-0.2, 0) is 0 Å². The van der Waals surface area contributed by atoms with E-state index < -0.39 is 0 Å². The molecule has 3 rings (SSSR count). The lowest BCUT2D eigenvalue weighted by molar-refractivity contribution is 0.623. The van der Waals surface area contributed by atoms with E-state index in [0.717, 1.165) is 10.2 Å². The van der Waals surface area contributed by atoms with E-state index in [-0.39, 0.29) is 6.04 Å². The van der Waals surface area contributed by atoms with Crippen LogP contribution in [0.2, 0.25) is 0 Å². The summed E-state index contributed by atoms with van der Waals surface area (Å²) in [7, 11) is 0. The first-order valence-electron chi connectivity index (χ1n) is 5.35. The Morgan fingerprint density at radius 1 is 1.12 bits per heavy atom. The van der Waals surface area contributed by atoms with Gasteiger partial charge in [-0.25, -0.2) is 5.43 Å². The average molecular weight is 307 g/mol. The van der Waals surface area contributed by atoms with Crippen molar-refractivity contribution < 1.29 is 0 Å². The number of hydrogen-bond acceptors (Lipinski definition) is 3. The molecule has 0 spiro atoms. The van der Waals surface area contributed by atoms with E-state index in [0.29, 0.717) is 0 Å². The quantitative estimate of drug-likeness (QED) is 0.884. The Bertz CT molecular complexity index is 531. The summed E-state index contributed by atoms with van der Waals surface area (Å²) < 4.78 is 1.10. The van der Waals surface area contributed by atoms with E-state index in [1.165, 1.54) is 10.4 Å². The molecule has 0 radical (unpaired) electrons. The van der Waals surface area contributed by atoms with Crippen molar-refractivity contribution in [3.8, 4) is 0 Å². The van der Waals surface area contributed by atoms with Crippen LogP contribution < -0.4 is 10.9 Å². The van der Waals surface area contributed by atoms with Gasteiger partial charge < -0.3 is 5.43 Å². The van der Waals surface area contributed by atoms with Crippen LogP contribution in [0.15, 0.2) is 52.3 Å². The fraction of sp³-hybridized carbons (Fsp3) is 0.0769. The Morgan fingerprint density at radius 2 is 1.94 bits per heavy atom. The monoisotopic (exact) mass is 306 g/mol. The summed E-state index contributed by atoms with van der Waals surface area (Å²) in [5, 5.41) is 2.10. The maximum absolute atomic E-state index is 3.44. The minimum absolute atomic E-state index is 0.272. The summed E-state index contributed by atoms with van der Waals surface area (Å²) in [6, 6.07) is 12.8. The Kier molecular flexibility index (Phi) is 3.01. The largest absolute Gasteiger partial charge is 0.320 e. The first kappa shape index (κ1) is 11.0. The molecular formula is C13H11BrN2S. The molecule has 0 bridgehead atoms. The van der Waals surface area contributed by atoms with Gasteiger partial charge in [-0.1, -0.05) is 34.1 Å². The van der Waals surface area contributed by atoms with Crippen LogP contribution in [0.25, 0.3) is 5.70 Å². The normalized spacial score (nSPS) is 18.9. The second-order valence-electron chi connectivity index (χ2n) is 3.85. The van der Waals surface area contributed by atoms with Crippen molar-refractivity contribution in [1.82, 2.24) is 10.9 Å². The summed E-state index contributed by atoms with van der Waals surface area (Å²) in [5.41, 5.74) is 8.84. The van der Waals surface area contributed by atoms with Gasteiger partial charge in [-0.15, -0.1) is 11.3 Å². The maximum Gasteiger partial charge on any atom is 0.0806 e. The number of hydrazine groups is 1. The fourth-order valence-electron chi connectivity index (χ4n) is 1.82. The van der Waals surface area contributed by atoms with E-state index in [1.807, 2.05) is 0 Å². The van der Waals surface area contributed by atoms with E-state index in [9.17, 15) is 0 Å². The molecule has 0 fully saturated rings. The van der Waals surface area contributed by atoms with Crippen LogP contribution in [0.4, 0.5) is 0 Å². The number of halogens is 1. The predicted octanol–water partition coefficient (Wildman–Crippen LogP) is 3.70. The van der Waals surface area contributed by atoms with Gasteiger partial charge in [0.2, 0.25) is 0 Å². The molecule has 1 atom stereocenters.